The molecule has 1 heterocycles. The second-order valence-electron chi connectivity index (χ2n) is 10.3. The Bertz CT molecular complexity index is 1110. The molecule has 0 bridgehead atoms. The number of esters is 1. The van der Waals surface area contributed by atoms with Crippen LogP contribution >= 0.6 is 0 Å². The third kappa shape index (κ3) is 7.79. The predicted octanol–water partition coefficient (Wildman–Crippen LogP) is 4.10. The van der Waals surface area contributed by atoms with Gasteiger partial charge in [0.25, 0.3) is 5.91 Å². The molecule has 1 aliphatic rings. The lowest BCUT2D eigenvalue weighted by molar-refractivity contribution is -0.155. The number of aryl methyl sites for hydroxylation is 1. The van der Waals surface area contributed by atoms with Gasteiger partial charge in [-0.1, -0.05) is 29.8 Å². The monoisotopic (exact) mass is 510 g/mol. The van der Waals surface area contributed by atoms with Crippen molar-refractivity contribution in [1.29, 1.82) is 0 Å². The lowest BCUT2D eigenvalue weighted by atomic mass is 9.87. The zero-order chi connectivity index (χ0) is 27.1. The smallest absolute Gasteiger partial charge is 0.306 e. The number of carbonyl (C=O) groups is 2. The molecule has 200 valence electrons. The van der Waals surface area contributed by atoms with E-state index in [9.17, 15) is 9.59 Å². The number of benzene rings is 2. The van der Waals surface area contributed by atoms with E-state index in [1.807, 2.05) is 64.1 Å². The summed E-state index contributed by atoms with van der Waals surface area (Å²) in [6.07, 6.45) is 0.126. The Balaban J connectivity index is 1.82. The Hall–Kier alpha value is -3.39. The summed E-state index contributed by atoms with van der Waals surface area (Å²) in [4.78, 5) is 30.9. The average molecular weight is 511 g/mol. The van der Waals surface area contributed by atoms with Gasteiger partial charge in [0.15, 0.2) is 5.54 Å². The summed E-state index contributed by atoms with van der Waals surface area (Å²) in [5, 5.41) is 11.9. The molecule has 0 radical (unpaired) electrons. The Morgan fingerprint density at radius 2 is 1.89 bits per heavy atom. The highest BCUT2D eigenvalue weighted by atomic mass is 16.6. The van der Waals surface area contributed by atoms with Crippen molar-refractivity contribution in [2.24, 2.45) is 4.99 Å². The number of aliphatic hydroxyl groups is 1. The number of ether oxygens (including phenoxy) is 3. The van der Waals surface area contributed by atoms with E-state index in [0.29, 0.717) is 36.8 Å². The van der Waals surface area contributed by atoms with Crippen LogP contribution in [0, 0.1) is 6.92 Å². The van der Waals surface area contributed by atoms with Gasteiger partial charge in [-0.05, 0) is 70.9 Å². The van der Waals surface area contributed by atoms with E-state index in [1.54, 1.807) is 19.1 Å². The number of hydrogen-bond acceptors (Lipinski definition) is 7. The SMILES string of the molecule is Cc1cccc(CNC(=O)[C@]2(CCC(=O)OC(C)(C)C)N=C(c3ccc(OCCCO)cc3)O[C@@H]2C)c1. The van der Waals surface area contributed by atoms with E-state index in [4.69, 9.17) is 24.3 Å². The van der Waals surface area contributed by atoms with Crippen LogP contribution in [0.5, 0.6) is 5.75 Å². The molecule has 0 aliphatic carbocycles. The molecule has 2 aromatic carbocycles. The molecule has 0 fully saturated rings. The summed E-state index contributed by atoms with van der Waals surface area (Å²) >= 11 is 0. The van der Waals surface area contributed by atoms with Gasteiger partial charge in [0.2, 0.25) is 5.90 Å². The first-order chi connectivity index (χ1) is 17.5. The van der Waals surface area contributed by atoms with Crippen molar-refractivity contribution in [3.63, 3.8) is 0 Å². The van der Waals surface area contributed by atoms with Crippen LogP contribution in [-0.4, -0.2) is 53.3 Å². The van der Waals surface area contributed by atoms with Crippen molar-refractivity contribution in [1.82, 2.24) is 5.32 Å². The van der Waals surface area contributed by atoms with Crippen molar-refractivity contribution in [3.05, 3.63) is 65.2 Å². The van der Waals surface area contributed by atoms with Gasteiger partial charge in [-0.15, -0.1) is 0 Å². The second-order valence-corrected chi connectivity index (χ2v) is 10.3. The Morgan fingerprint density at radius 1 is 1.16 bits per heavy atom. The molecule has 0 aromatic heterocycles. The zero-order valence-corrected chi connectivity index (χ0v) is 22.4. The fraction of sp³-hybridized carbons (Fsp3) is 0.483. The topological polar surface area (TPSA) is 106 Å². The molecule has 8 heteroatoms. The van der Waals surface area contributed by atoms with Crippen molar-refractivity contribution in [2.45, 2.75) is 77.7 Å². The lowest BCUT2D eigenvalue weighted by Crippen LogP contribution is -2.51. The lowest BCUT2D eigenvalue weighted by Gasteiger charge is -2.28. The standard InChI is InChI=1S/C29H38N2O6/c1-20-8-6-9-22(18-20)19-30-27(34)29(15-14-25(33)37-28(3,4)5)21(2)36-26(31-29)23-10-12-24(13-11-23)35-17-7-16-32/h6,8-13,18,21,32H,7,14-17,19H2,1-5H3,(H,30,34)/t21-,29-/m1/s1. The normalized spacial score (nSPS) is 19.1. The van der Waals surface area contributed by atoms with Crippen LogP contribution in [0.2, 0.25) is 0 Å². The van der Waals surface area contributed by atoms with Crippen molar-refractivity contribution >= 4 is 17.8 Å². The van der Waals surface area contributed by atoms with Gasteiger partial charge in [-0.3, -0.25) is 9.59 Å². The van der Waals surface area contributed by atoms with Crippen LogP contribution in [0.15, 0.2) is 53.5 Å². The van der Waals surface area contributed by atoms with Crippen LogP contribution < -0.4 is 10.1 Å². The molecule has 3 rings (SSSR count). The van der Waals surface area contributed by atoms with E-state index >= 15 is 0 Å². The maximum Gasteiger partial charge on any atom is 0.306 e. The van der Waals surface area contributed by atoms with Gasteiger partial charge >= 0.3 is 5.97 Å². The first-order valence-electron chi connectivity index (χ1n) is 12.7. The molecule has 1 amide bonds. The molecule has 0 saturated heterocycles. The number of aliphatic hydroxyl groups excluding tert-OH is 1. The highest BCUT2D eigenvalue weighted by Crippen LogP contribution is 2.34. The first kappa shape index (κ1) is 28.2. The molecule has 0 saturated carbocycles. The number of nitrogens with one attached hydrogen (secondary N) is 1. The van der Waals surface area contributed by atoms with Gasteiger partial charge in [-0.2, -0.15) is 0 Å². The summed E-state index contributed by atoms with van der Waals surface area (Å²) < 4.78 is 17.2. The zero-order valence-electron chi connectivity index (χ0n) is 22.4. The summed E-state index contributed by atoms with van der Waals surface area (Å²) in [7, 11) is 0. The average Bonchev–Trinajstić information content (AvgIpc) is 3.18. The van der Waals surface area contributed by atoms with Crippen LogP contribution in [0.4, 0.5) is 0 Å². The fourth-order valence-corrected chi connectivity index (χ4v) is 4.10. The van der Waals surface area contributed by atoms with Crippen molar-refractivity contribution in [3.8, 4) is 5.75 Å². The number of rotatable bonds is 11. The van der Waals surface area contributed by atoms with E-state index in [1.165, 1.54) is 0 Å². The fourth-order valence-electron chi connectivity index (χ4n) is 4.10. The number of hydrogen-bond donors (Lipinski definition) is 2. The molecular weight excluding hydrogens is 472 g/mol. The van der Waals surface area contributed by atoms with E-state index < -0.39 is 23.2 Å². The summed E-state index contributed by atoms with van der Waals surface area (Å²) in [5.74, 6) is 0.308. The summed E-state index contributed by atoms with van der Waals surface area (Å²) in [5.41, 5.74) is 0.875. The molecule has 8 nitrogen and oxygen atoms in total. The van der Waals surface area contributed by atoms with Crippen LogP contribution in [0.25, 0.3) is 0 Å². The second kappa shape index (κ2) is 12.2. The van der Waals surface area contributed by atoms with Gasteiger partial charge in [0.1, 0.15) is 17.5 Å². The van der Waals surface area contributed by atoms with Gasteiger partial charge in [0, 0.05) is 31.6 Å². The number of amides is 1. The van der Waals surface area contributed by atoms with Crippen molar-refractivity contribution in [2.75, 3.05) is 13.2 Å². The van der Waals surface area contributed by atoms with E-state index in [2.05, 4.69) is 5.32 Å². The Morgan fingerprint density at radius 3 is 2.54 bits per heavy atom. The summed E-state index contributed by atoms with van der Waals surface area (Å²) in [6.45, 7) is 10.0. The van der Waals surface area contributed by atoms with E-state index in [0.717, 1.165) is 11.1 Å². The molecule has 0 unspecified atom stereocenters. The first-order valence-corrected chi connectivity index (χ1v) is 12.7. The minimum Gasteiger partial charge on any atom is -0.494 e. The quantitative estimate of drug-likeness (QED) is 0.348. The molecule has 37 heavy (non-hydrogen) atoms. The molecule has 2 aromatic rings. The van der Waals surface area contributed by atoms with Gasteiger partial charge in [-0.25, -0.2) is 4.99 Å². The maximum atomic E-state index is 13.6. The van der Waals surface area contributed by atoms with Crippen molar-refractivity contribution < 1.29 is 28.9 Å². The Labute approximate surface area is 219 Å². The largest absolute Gasteiger partial charge is 0.494 e. The van der Waals surface area contributed by atoms with Crippen LogP contribution in [0.3, 0.4) is 0 Å². The highest BCUT2D eigenvalue weighted by Gasteiger charge is 2.50. The van der Waals surface area contributed by atoms with Crippen LogP contribution in [-0.2, 0) is 25.6 Å². The third-order valence-corrected chi connectivity index (χ3v) is 5.99. The molecule has 2 atom stereocenters. The van der Waals surface area contributed by atoms with Gasteiger partial charge < -0.3 is 24.6 Å². The van der Waals surface area contributed by atoms with Crippen LogP contribution in [0.1, 0.15) is 63.6 Å². The molecule has 2 N–H and O–H groups in total. The Kier molecular flexibility index (Phi) is 9.32. The highest BCUT2D eigenvalue weighted by molar-refractivity contribution is 6.00. The minimum absolute atomic E-state index is 0.0250. The number of aliphatic imine (C=N–C) groups is 1. The predicted molar refractivity (Wildman–Crippen MR) is 142 cm³/mol. The third-order valence-electron chi connectivity index (χ3n) is 5.99. The molecular formula is C29H38N2O6. The van der Waals surface area contributed by atoms with E-state index in [-0.39, 0.29) is 25.4 Å². The number of nitrogens with zero attached hydrogens (tertiary/aromatic N) is 1. The maximum absolute atomic E-state index is 13.6. The number of carbonyl (C=O) groups excluding carboxylic acids is 2. The summed E-state index contributed by atoms with van der Waals surface area (Å²) in [6, 6.07) is 15.1. The molecule has 1 aliphatic heterocycles. The molecule has 0 spiro atoms. The van der Waals surface area contributed by atoms with Gasteiger partial charge in [0.05, 0.1) is 6.61 Å². The minimum atomic E-state index is -1.29.